The second-order valence-corrected chi connectivity index (χ2v) is 8.76. The molecule has 0 saturated carbocycles. The third-order valence-electron chi connectivity index (χ3n) is 3.98. The van der Waals surface area contributed by atoms with Crippen molar-refractivity contribution in [1.29, 1.82) is 0 Å². The molecule has 27 heavy (non-hydrogen) atoms. The molecule has 2 aromatic rings. The molecular weight excluding hydrogens is 367 g/mol. The summed E-state index contributed by atoms with van der Waals surface area (Å²) in [7, 11) is -3.69. The van der Waals surface area contributed by atoms with Crippen LogP contribution in [0.1, 0.15) is 49.7 Å². The number of amides is 1. The molecule has 0 radical (unpaired) electrons. The van der Waals surface area contributed by atoms with Gasteiger partial charge < -0.3 is 5.32 Å². The molecule has 1 atom stereocenters. The van der Waals surface area contributed by atoms with Gasteiger partial charge in [-0.15, -0.1) is 0 Å². The van der Waals surface area contributed by atoms with Crippen LogP contribution in [0.5, 0.6) is 0 Å². The van der Waals surface area contributed by atoms with E-state index in [1.807, 2.05) is 13.8 Å². The molecular formula is C20H25FN2O3S. The molecule has 0 bridgehead atoms. The minimum atomic E-state index is -3.69. The summed E-state index contributed by atoms with van der Waals surface area (Å²) in [4.78, 5) is 12.7. The van der Waals surface area contributed by atoms with Gasteiger partial charge in [-0.2, -0.15) is 0 Å². The molecule has 1 unspecified atom stereocenters. The Morgan fingerprint density at radius 3 is 2.19 bits per heavy atom. The molecule has 0 heterocycles. The van der Waals surface area contributed by atoms with E-state index in [1.165, 1.54) is 30.3 Å². The van der Waals surface area contributed by atoms with Gasteiger partial charge in [0.1, 0.15) is 5.82 Å². The predicted molar refractivity (Wildman–Crippen MR) is 103 cm³/mol. The summed E-state index contributed by atoms with van der Waals surface area (Å²) in [6.45, 7) is 7.34. The Kier molecular flexibility index (Phi) is 6.73. The molecule has 0 aliphatic rings. The van der Waals surface area contributed by atoms with Crippen LogP contribution in [0.3, 0.4) is 0 Å². The average Bonchev–Trinajstić information content (AvgIpc) is 2.59. The van der Waals surface area contributed by atoms with Crippen LogP contribution in [0.4, 0.5) is 4.39 Å². The van der Waals surface area contributed by atoms with Crippen LogP contribution in [0.15, 0.2) is 53.4 Å². The van der Waals surface area contributed by atoms with E-state index in [-0.39, 0.29) is 40.2 Å². The number of nitrogens with one attached hydrogen (secondary N) is 2. The monoisotopic (exact) mass is 392 g/mol. The van der Waals surface area contributed by atoms with Crippen molar-refractivity contribution >= 4 is 15.9 Å². The molecule has 0 spiro atoms. The van der Waals surface area contributed by atoms with Gasteiger partial charge in [0.15, 0.2) is 0 Å². The second-order valence-electron chi connectivity index (χ2n) is 7.05. The van der Waals surface area contributed by atoms with Gasteiger partial charge in [0, 0.05) is 11.6 Å². The van der Waals surface area contributed by atoms with Gasteiger partial charge in [-0.25, -0.2) is 17.5 Å². The van der Waals surface area contributed by atoms with E-state index in [1.54, 1.807) is 32.0 Å². The molecule has 5 nitrogen and oxygen atoms in total. The summed E-state index contributed by atoms with van der Waals surface area (Å²) in [6.07, 6.45) is 0. The van der Waals surface area contributed by atoms with Crippen LogP contribution in [0.25, 0.3) is 0 Å². The number of rotatable bonds is 7. The Labute approximate surface area is 160 Å². The lowest BCUT2D eigenvalue weighted by molar-refractivity contribution is 0.0925. The summed E-state index contributed by atoms with van der Waals surface area (Å²) < 4.78 is 40.3. The van der Waals surface area contributed by atoms with Crippen molar-refractivity contribution in [3.05, 3.63) is 65.5 Å². The number of carbonyl (C=O) groups excluding carboxylic acids is 1. The summed E-state index contributed by atoms with van der Waals surface area (Å²) in [5, 5.41) is 2.91. The molecule has 146 valence electrons. The summed E-state index contributed by atoms with van der Waals surface area (Å²) >= 11 is 0. The highest BCUT2D eigenvalue weighted by atomic mass is 32.2. The maximum absolute atomic E-state index is 13.2. The quantitative estimate of drug-likeness (QED) is 0.755. The van der Waals surface area contributed by atoms with Crippen molar-refractivity contribution in [1.82, 2.24) is 10.0 Å². The second kappa shape index (κ2) is 8.63. The van der Waals surface area contributed by atoms with Crippen LogP contribution in [-0.2, 0) is 10.0 Å². The molecule has 1 amide bonds. The minimum absolute atomic E-state index is 0.0340. The zero-order valence-electron chi connectivity index (χ0n) is 15.9. The van der Waals surface area contributed by atoms with Crippen molar-refractivity contribution in [2.45, 2.75) is 44.7 Å². The lowest BCUT2D eigenvalue weighted by Crippen LogP contribution is -2.32. The van der Waals surface area contributed by atoms with E-state index in [9.17, 15) is 17.6 Å². The average molecular weight is 392 g/mol. The Hall–Kier alpha value is -2.25. The van der Waals surface area contributed by atoms with E-state index in [0.29, 0.717) is 0 Å². The van der Waals surface area contributed by atoms with Crippen molar-refractivity contribution in [2.75, 3.05) is 0 Å². The number of halogens is 1. The smallest absolute Gasteiger partial charge is 0.251 e. The standard InChI is InChI=1S/C20H25FN2O3S/c1-13(2)19(15-8-10-17(21)11-9-15)22-20(24)16-6-5-7-18(12-16)27(25,26)23-14(3)4/h5-14,19,23H,1-4H3,(H,22,24). The van der Waals surface area contributed by atoms with E-state index in [0.717, 1.165) is 5.56 Å². The van der Waals surface area contributed by atoms with Gasteiger partial charge in [-0.05, 0) is 55.7 Å². The van der Waals surface area contributed by atoms with E-state index >= 15 is 0 Å². The van der Waals surface area contributed by atoms with Gasteiger partial charge in [0.25, 0.3) is 5.91 Å². The summed E-state index contributed by atoms with van der Waals surface area (Å²) in [6, 6.07) is 11.3. The predicted octanol–water partition coefficient (Wildman–Crippen LogP) is 3.64. The maximum Gasteiger partial charge on any atom is 0.251 e. The van der Waals surface area contributed by atoms with Crippen molar-refractivity contribution in [3.63, 3.8) is 0 Å². The largest absolute Gasteiger partial charge is 0.345 e. The van der Waals surface area contributed by atoms with Crippen LogP contribution in [-0.4, -0.2) is 20.4 Å². The maximum atomic E-state index is 13.2. The zero-order chi connectivity index (χ0) is 20.2. The number of hydrogen-bond acceptors (Lipinski definition) is 3. The topological polar surface area (TPSA) is 75.3 Å². The normalized spacial score (nSPS) is 13.0. The zero-order valence-corrected chi connectivity index (χ0v) is 16.7. The Morgan fingerprint density at radius 1 is 1.00 bits per heavy atom. The number of carbonyl (C=O) groups is 1. The number of benzene rings is 2. The molecule has 7 heteroatoms. The molecule has 0 aliphatic heterocycles. The van der Waals surface area contributed by atoms with Crippen molar-refractivity contribution in [3.8, 4) is 0 Å². The molecule has 0 aromatic heterocycles. The lowest BCUT2D eigenvalue weighted by atomic mass is 9.95. The molecule has 0 fully saturated rings. The van der Waals surface area contributed by atoms with Crippen LogP contribution >= 0.6 is 0 Å². The van der Waals surface area contributed by atoms with Crippen LogP contribution in [0.2, 0.25) is 0 Å². The summed E-state index contributed by atoms with van der Waals surface area (Å²) in [5.41, 5.74) is 1.03. The lowest BCUT2D eigenvalue weighted by Gasteiger charge is -2.23. The van der Waals surface area contributed by atoms with Crippen molar-refractivity contribution < 1.29 is 17.6 Å². The Morgan fingerprint density at radius 2 is 1.63 bits per heavy atom. The first-order valence-electron chi connectivity index (χ1n) is 8.79. The highest BCUT2D eigenvalue weighted by molar-refractivity contribution is 7.89. The molecule has 0 aliphatic carbocycles. The van der Waals surface area contributed by atoms with E-state index < -0.39 is 10.0 Å². The summed E-state index contributed by atoms with van der Waals surface area (Å²) in [5.74, 6) is -0.670. The van der Waals surface area contributed by atoms with Crippen molar-refractivity contribution in [2.24, 2.45) is 5.92 Å². The SMILES string of the molecule is CC(C)NS(=O)(=O)c1cccc(C(=O)NC(c2ccc(F)cc2)C(C)C)c1. The van der Waals surface area contributed by atoms with Gasteiger partial charge in [-0.1, -0.05) is 32.0 Å². The van der Waals surface area contributed by atoms with Gasteiger partial charge in [-0.3, -0.25) is 4.79 Å². The third kappa shape index (κ3) is 5.61. The first-order valence-corrected chi connectivity index (χ1v) is 10.3. The first-order chi connectivity index (χ1) is 12.6. The van der Waals surface area contributed by atoms with Gasteiger partial charge >= 0.3 is 0 Å². The molecule has 2 N–H and O–H groups in total. The number of hydrogen-bond donors (Lipinski definition) is 2. The fourth-order valence-electron chi connectivity index (χ4n) is 2.71. The fraction of sp³-hybridized carbons (Fsp3) is 0.350. The van der Waals surface area contributed by atoms with E-state index in [2.05, 4.69) is 10.0 Å². The van der Waals surface area contributed by atoms with Crippen LogP contribution < -0.4 is 10.0 Å². The van der Waals surface area contributed by atoms with E-state index in [4.69, 9.17) is 0 Å². The fourth-order valence-corrected chi connectivity index (χ4v) is 4.01. The minimum Gasteiger partial charge on any atom is -0.345 e. The third-order valence-corrected chi connectivity index (χ3v) is 5.64. The highest BCUT2D eigenvalue weighted by Gasteiger charge is 2.21. The Bertz CT molecular complexity index is 894. The van der Waals surface area contributed by atoms with Gasteiger partial charge in [0.05, 0.1) is 10.9 Å². The highest BCUT2D eigenvalue weighted by Crippen LogP contribution is 2.23. The molecule has 2 rings (SSSR count). The van der Waals surface area contributed by atoms with Crippen LogP contribution in [0, 0.1) is 11.7 Å². The van der Waals surface area contributed by atoms with Gasteiger partial charge in [0.2, 0.25) is 10.0 Å². The molecule has 2 aromatic carbocycles. The number of sulfonamides is 1. The molecule has 0 saturated heterocycles. The first kappa shape index (κ1) is 21.1. The Balaban J connectivity index is 2.26.